The van der Waals surface area contributed by atoms with Crippen LogP contribution in [0.4, 0.5) is 5.69 Å². The van der Waals surface area contributed by atoms with Gasteiger partial charge < -0.3 is 5.32 Å². The highest BCUT2D eigenvalue weighted by atomic mass is 79.9. The first kappa shape index (κ1) is 16.2. The van der Waals surface area contributed by atoms with Crippen molar-refractivity contribution in [1.82, 2.24) is 9.78 Å². The van der Waals surface area contributed by atoms with E-state index in [0.29, 0.717) is 17.1 Å². The van der Waals surface area contributed by atoms with Gasteiger partial charge in [-0.15, -0.1) is 0 Å². The Hall–Kier alpha value is -0.840. The first-order chi connectivity index (χ1) is 9.13. The molecule has 0 aliphatic rings. The maximum Gasteiger partial charge on any atom is 0.283 e. The Balaban J connectivity index is 2.86. The molecule has 1 atom stereocenters. The van der Waals surface area contributed by atoms with Gasteiger partial charge in [-0.25, -0.2) is 4.68 Å². The van der Waals surface area contributed by atoms with Crippen molar-refractivity contribution in [2.75, 3.05) is 5.32 Å². The third-order valence-electron chi connectivity index (χ3n) is 3.20. The van der Waals surface area contributed by atoms with Gasteiger partial charge in [0, 0.05) is 12.6 Å². The molecule has 1 rings (SSSR count). The quantitative estimate of drug-likeness (QED) is 0.789. The Morgan fingerprint density at radius 1 is 1.37 bits per heavy atom. The summed E-state index contributed by atoms with van der Waals surface area (Å²) in [7, 11) is 0. The molecule has 0 bridgehead atoms. The number of hydrogen-bond donors (Lipinski definition) is 1. The van der Waals surface area contributed by atoms with Crippen molar-refractivity contribution in [3.8, 4) is 0 Å². The molecule has 1 N–H and O–H groups in total. The third kappa shape index (κ3) is 4.64. The van der Waals surface area contributed by atoms with Gasteiger partial charge in [0.05, 0.1) is 11.9 Å². The molecule has 1 aromatic rings. The lowest BCUT2D eigenvalue weighted by Crippen LogP contribution is -2.26. The highest BCUT2D eigenvalue weighted by Gasteiger charge is 2.12. The fraction of sp³-hybridized carbons (Fsp3) is 0.714. The first-order valence-electron chi connectivity index (χ1n) is 7.16. The van der Waals surface area contributed by atoms with E-state index in [9.17, 15) is 4.79 Å². The zero-order valence-corrected chi connectivity index (χ0v) is 13.7. The van der Waals surface area contributed by atoms with Crippen molar-refractivity contribution in [2.24, 2.45) is 0 Å². The summed E-state index contributed by atoms with van der Waals surface area (Å²) in [4.78, 5) is 12.1. The summed E-state index contributed by atoms with van der Waals surface area (Å²) in [6.07, 6.45) is 7.05. The molecule has 1 aromatic heterocycles. The molecule has 0 aliphatic carbocycles. The maximum atomic E-state index is 12.1. The summed E-state index contributed by atoms with van der Waals surface area (Å²) in [5, 5.41) is 7.64. The van der Waals surface area contributed by atoms with Gasteiger partial charge in [-0.05, 0) is 35.2 Å². The standard InChI is InChI=1S/C14H24BrN3O/c1-4-7-9-18-14(19)13(15)12(10-16-18)17-11(6-3)8-5-2/h10-11,17H,4-9H2,1-3H3. The van der Waals surface area contributed by atoms with Crippen LogP contribution in [-0.4, -0.2) is 15.8 Å². The second-order valence-electron chi connectivity index (χ2n) is 4.79. The van der Waals surface area contributed by atoms with Gasteiger partial charge in [-0.3, -0.25) is 4.79 Å². The zero-order chi connectivity index (χ0) is 14.3. The number of hydrogen-bond acceptors (Lipinski definition) is 3. The molecular weight excluding hydrogens is 306 g/mol. The van der Waals surface area contributed by atoms with Crippen LogP contribution in [0.5, 0.6) is 0 Å². The SMILES string of the molecule is CCCCn1ncc(NC(CC)CCC)c(Br)c1=O. The smallest absolute Gasteiger partial charge is 0.283 e. The second-order valence-corrected chi connectivity index (χ2v) is 5.59. The Morgan fingerprint density at radius 2 is 2.11 bits per heavy atom. The second kappa shape index (κ2) is 8.35. The Bertz CT molecular complexity index is 445. The fourth-order valence-electron chi connectivity index (χ4n) is 1.98. The van der Waals surface area contributed by atoms with Crippen LogP contribution < -0.4 is 10.9 Å². The topological polar surface area (TPSA) is 46.9 Å². The highest BCUT2D eigenvalue weighted by molar-refractivity contribution is 9.10. The van der Waals surface area contributed by atoms with E-state index < -0.39 is 0 Å². The molecule has 0 saturated heterocycles. The Kier molecular flexibility index (Phi) is 7.13. The number of aryl methyl sites for hydroxylation is 1. The maximum absolute atomic E-state index is 12.1. The summed E-state index contributed by atoms with van der Waals surface area (Å²) >= 11 is 3.40. The minimum absolute atomic E-state index is 0.0511. The van der Waals surface area contributed by atoms with E-state index in [1.54, 1.807) is 6.20 Å². The van der Waals surface area contributed by atoms with E-state index in [2.05, 4.69) is 47.1 Å². The van der Waals surface area contributed by atoms with Crippen LogP contribution >= 0.6 is 15.9 Å². The summed E-state index contributed by atoms with van der Waals surface area (Å²) in [5.74, 6) is 0. The molecule has 1 unspecified atom stereocenters. The summed E-state index contributed by atoms with van der Waals surface area (Å²) in [6.45, 7) is 7.10. The summed E-state index contributed by atoms with van der Waals surface area (Å²) in [5.41, 5.74) is 0.753. The predicted molar refractivity (Wildman–Crippen MR) is 83.7 cm³/mol. The van der Waals surface area contributed by atoms with Crippen molar-refractivity contribution in [3.05, 3.63) is 21.0 Å². The number of aromatic nitrogens is 2. The summed E-state index contributed by atoms with van der Waals surface area (Å²) in [6, 6.07) is 0.397. The van der Waals surface area contributed by atoms with E-state index in [0.717, 1.165) is 37.8 Å². The lowest BCUT2D eigenvalue weighted by molar-refractivity contribution is 0.539. The van der Waals surface area contributed by atoms with Crippen molar-refractivity contribution >= 4 is 21.6 Å². The van der Waals surface area contributed by atoms with Crippen LogP contribution in [-0.2, 0) is 6.54 Å². The molecular formula is C14H24BrN3O. The van der Waals surface area contributed by atoms with Crippen LogP contribution in [0, 0.1) is 0 Å². The van der Waals surface area contributed by atoms with E-state index in [1.807, 2.05) is 0 Å². The Labute approximate surface area is 123 Å². The lowest BCUT2D eigenvalue weighted by Gasteiger charge is -2.18. The molecule has 0 amide bonds. The van der Waals surface area contributed by atoms with Crippen LogP contribution in [0.3, 0.4) is 0 Å². The number of rotatable bonds is 8. The van der Waals surface area contributed by atoms with Crippen molar-refractivity contribution in [1.29, 1.82) is 0 Å². The normalized spacial score (nSPS) is 12.4. The van der Waals surface area contributed by atoms with Gasteiger partial charge in [0.2, 0.25) is 0 Å². The third-order valence-corrected chi connectivity index (χ3v) is 3.96. The molecule has 0 fully saturated rings. The number of unbranched alkanes of at least 4 members (excludes halogenated alkanes) is 1. The number of nitrogens with one attached hydrogen (secondary N) is 1. The first-order valence-corrected chi connectivity index (χ1v) is 7.95. The molecule has 1 heterocycles. The Morgan fingerprint density at radius 3 is 2.68 bits per heavy atom. The molecule has 0 radical (unpaired) electrons. The molecule has 0 saturated carbocycles. The minimum atomic E-state index is -0.0511. The molecule has 0 spiro atoms. The molecule has 108 valence electrons. The number of nitrogens with zero attached hydrogens (tertiary/aromatic N) is 2. The van der Waals surface area contributed by atoms with Gasteiger partial charge in [-0.2, -0.15) is 5.10 Å². The van der Waals surface area contributed by atoms with Crippen LogP contribution in [0.25, 0.3) is 0 Å². The van der Waals surface area contributed by atoms with Crippen molar-refractivity contribution in [3.63, 3.8) is 0 Å². The monoisotopic (exact) mass is 329 g/mol. The molecule has 0 aromatic carbocycles. The van der Waals surface area contributed by atoms with Gasteiger partial charge in [0.15, 0.2) is 0 Å². The summed E-state index contributed by atoms with van der Waals surface area (Å²) < 4.78 is 2.12. The molecule has 4 nitrogen and oxygen atoms in total. The number of halogens is 1. The van der Waals surface area contributed by atoms with E-state index in [4.69, 9.17) is 0 Å². The predicted octanol–water partition coefficient (Wildman–Crippen LogP) is 3.80. The number of anilines is 1. The molecule has 5 heteroatoms. The minimum Gasteiger partial charge on any atom is -0.380 e. The average Bonchev–Trinajstić information content (AvgIpc) is 2.42. The highest BCUT2D eigenvalue weighted by Crippen LogP contribution is 2.19. The van der Waals surface area contributed by atoms with Crippen LogP contribution in [0.15, 0.2) is 15.5 Å². The van der Waals surface area contributed by atoms with Crippen molar-refractivity contribution < 1.29 is 0 Å². The average molecular weight is 330 g/mol. The van der Waals surface area contributed by atoms with Crippen LogP contribution in [0.1, 0.15) is 52.9 Å². The van der Waals surface area contributed by atoms with E-state index in [1.165, 1.54) is 4.68 Å². The van der Waals surface area contributed by atoms with Gasteiger partial charge in [0.1, 0.15) is 4.47 Å². The molecule has 19 heavy (non-hydrogen) atoms. The van der Waals surface area contributed by atoms with Gasteiger partial charge in [0.25, 0.3) is 5.56 Å². The largest absolute Gasteiger partial charge is 0.380 e. The van der Waals surface area contributed by atoms with Gasteiger partial charge >= 0.3 is 0 Å². The van der Waals surface area contributed by atoms with Crippen LogP contribution in [0.2, 0.25) is 0 Å². The van der Waals surface area contributed by atoms with E-state index >= 15 is 0 Å². The van der Waals surface area contributed by atoms with Gasteiger partial charge in [-0.1, -0.05) is 33.6 Å². The fourth-order valence-corrected chi connectivity index (χ4v) is 2.40. The van der Waals surface area contributed by atoms with Crippen molar-refractivity contribution in [2.45, 2.75) is 65.5 Å². The molecule has 0 aliphatic heterocycles. The van der Waals surface area contributed by atoms with E-state index in [-0.39, 0.29) is 5.56 Å². The lowest BCUT2D eigenvalue weighted by atomic mass is 10.1. The zero-order valence-electron chi connectivity index (χ0n) is 12.1.